The van der Waals surface area contributed by atoms with Crippen molar-refractivity contribution >= 4 is 24.0 Å². The van der Waals surface area contributed by atoms with E-state index in [1.54, 1.807) is 10.6 Å². The second kappa shape index (κ2) is 10.7. The predicted octanol–water partition coefficient (Wildman–Crippen LogP) is 0.756. The second-order valence-corrected chi connectivity index (χ2v) is 13.3. The number of fused-ring (bicyclic) bond motifs is 1. The summed E-state index contributed by atoms with van der Waals surface area (Å²) in [6, 6.07) is 18.1. The van der Waals surface area contributed by atoms with E-state index < -0.39 is 8.07 Å². The molecule has 0 bridgehead atoms. The molecule has 0 amide bonds. The molecule has 1 heterocycles. The topological polar surface area (TPSA) is 0 Å². The molecule has 2 aromatic rings. The van der Waals surface area contributed by atoms with Gasteiger partial charge in [-0.1, -0.05) is 70.7 Å². The van der Waals surface area contributed by atoms with E-state index >= 15 is 0 Å². The first kappa shape index (κ1) is 27.8. The van der Waals surface area contributed by atoms with E-state index in [9.17, 15) is 0 Å². The van der Waals surface area contributed by atoms with Gasteiger partial charge in [-0.15, -0.1) is 41.1 Å². The molecule has 28 heavy (non-hydrogen) atoms. The van der Waals surface area contributed by atoms with Crippen LogP contribution in [-0.2, 0) is 21.7 Å². The van der Waals surface area contributed by atoms with Gasteiger partial charge in [0.25, 0.3) is 0 Å². The van der Waals surface area contributed by atoms with Gasteiger partial charge in [0.05, 0.1) is 0 Å². The van der Waals surface area contributed by atoms with Gasteiger partial charge in [-0.3, -0.25) is 6.08 Å². The van der Waals surface area contributed by atoms with Crippen LogP contribution in [0.5, 0.6) is 0 Å². The first-order valence-corrected chi connectivity index (χ1v) is 12.4. The van der Waals surface area contributed by atoms with Crippen LogP contribution in [0.4, 0.5) is 0 Å². The molecule has 0 N–H and O–H groups in total. The Bertz CT molecular complexity index is 836. The van der Waals surface area contributed by atoms with Crippen LogP contribution in [0.25, 0.3) is 10.8 Å². The molecule has 1 aliphatic heterocycles. The van der Waals surface area contributed by atoms with Gasteiger partial charge in [0.1, 0.15) is 0 Å². The van der Waals surface area contributed by atoms with E-state index in [1.807, 2.05) is 0 Å². The maximum Gasteiger partial charge on any atom is 4.00 e. The van der Waals surface area contributed by atoms with E-state index in [0.29, 0.717) is 0 Å². The van der Waals surface area contributed by atoms with Crippen molar-refractivity contribution in [1.29, 1.82) is 0 Å². The maximum atomic E-state index is 3.44. The van der Waals surface area contributed by atoms with Gasteiger partial charge < -0.3 is 24.8 Å². The fourth-order valence-corrected chi connectivity index (χ4v) is 8.51. The number of halogens is 2. The average molecular weight is 467 g/mol. The minimum atomic E-state index is -1.01. The molecule has 4 rings (SSSR count). The molecule has 2 aromatic carbocycles. The van der Waals surface area contributed by atoms with Crippen LogP contribution in [0.15, 0.2) is 53.1 Å². The first-order chi connectivity index (χ1) is 11.8. The van der Waals surface area contributed by atoms with Crippen LogP contribution in [0.1, 0.15) is 48.0 Å². The fourth-order valence-electron chi connectivity index (χ4n) is 4.44. The molecule has 1 aliphatic carbocycles. The molecule has 0 spiro atoms. The predicted molar refractivity (Wildman–Crippen MR) is 114 cm³/mol. The van der Waals surface area contributed by atoms with Crippen molar-refractivity contribution in [2.75, 3.05) is 0 Å². The monoisotopic (exact) mass is 466 g/mol. The van der Waals surface area contributed by atoms with Gasteiger partial charge in [0, 0.05) is 8.07 Å². The molecular weight excluding hydrogens is 435 g/mol. The molecule has 0 nitrogen and oxygen atoms in total. The van der Waals surface area contributed by atoms with Crippen LogP contribution in [0, 0.1) is 11.5 Å². The molecule has 1 saturated heterocycles. The van der Waals surface area contributed by atoms with Gasteiger partial charge in [0.15, 0.2) is 0 Å². The van der Waals surface area contributed by atoms with Crippen molar-refractivity contribution in [2.45, 2.75) is 66.1 Å². The van der Waals surface area contributed by atoms with Gasteiger partial charge in [0.2, 0.25) is 0 Å². The van der Waals surface area contributed by atoms with Gasteiger partial charge in [-0.05, 0) is 0 Å². The van der Waals surface area contributed by atoms with Gasteiger partial charge >= 0.3 is 21.7 Å². The Balaban J connectivity index is 0.000000503. The third-order valence-electron chi connectivity index (χ3n) is 6.80. The fraction of sp³-hybridized carbons (Fsp3) is 0.458. The largest absolute Gasteiger partial charge is 4.00 e. The summed E-state index contributed by atoms with van der Waals surface area (Å²) in [6.45, 7) is 13.3. The van der Waals surface area contributed by atoms with E-state index in [4.69, 9.17) is 0 Å². The first-order valence-electron chi connectivity index (χ1n) is 9.76. The molecule has 0 aromatic heterocycles. The summed E-state index contributed by atoms with van der Waals surface area (Å²) in [6.07, 6.45) is 4.91. The van der Waals surface area contributed by atoms with Gasteiger partial charge in [-0.2, -0.15) is 23.3 Å². The average Bonchev–Trinajstić information content (AvgIpc) is 3.04. The summed E-state index contributed by atoms with van der Waals surface area (Å²) < 4.78 is 0. The van der Waals surface area contributed by atoms with Crippen molar-refractivity contribution in [3.8, 4) is 0 Å². The molecule has 0 unspecified atom stereocenters. The molecule has 1 fully saturated rings. The Morgan fingerprint density at radius 1 is 1.04 bits per heavy atom. The Labute approximate surface area is 200 Å². The van der Waals surface area contributed by atoms with Crippen molar-refractivity contribution in [2.24, 2.45) is 5.41 Å². The standard InChI is InChI=1S/C14H17Si.C10H15.2ClH.Ti/c1-2-15(10-5-11-15)14-9-8-12-6-3-4-7-13(12)14;1-7-6-10(4,5)9(3)8(7)2;;;/h3-4,6-9H,2,5,10-11H2,1H3;1-5H3;2*1H;/q2*-1;;;+4/p-2. The Morgan fingerprint density at radius 3 is 2.04 bits per heavy atom. The third kappa shape index (κ3) is 5.11. The zero-order valence-corrected chi connectivity index (χ0v) is 22.1. The van der Waals surface area contributed by atoms with Crippen LogP contribution >= 0.6 is 0 Å². The minimum Gasteiger partial charge on any atom is -1.00 e. The number of hydrogen-bond donors (Lipinski definition) is 0. The van der Waals surface area contributed by atoms with Crippen LogP contribution in [-0.4, -0.2) is 8.07 Å². The van der Waals surface area contributed by atoms with Crippen LogP contribution in [0.3, 0.4) is 0 Å². The Morgan fingerprint density at radius 2 is 1.64 bits per heavy atom. The van der Waals surface area contributed by atoms with E-state index in [0.717, 1.165) is 0 Å². The zero-order chi connectivity index (χ0) is 18.2. The Kier molecular flexibility index (Phi) is 10.7. The molecule has 2 aliphatic rings. The van der Waals surface area contributed by atoms with E-state index in [2.05, 4.69) is 84.0 Å². The molecule has 4 heteroatoms. The number of rotatable bonds is 2. The van der Waals surface area contributed by atoms with Crippen molar-refractivity contribution in [3.05, 3.63) is 59.2 Å². The van der Waals surface area contributed by atoms with Crippen molar-refractivity contribution in [3.63, 3.8) is 0 Å². The normalized spacial score (nSPS) is 18.6. The number of allylic oxidation sites excluding steroid dienone is 4. The summed E-state index contributed by atoms with van der Waals surface area (Å²) in [4.78, 5) is 0. The summed E-state index contributed by atoms with van der Waals surface area (Å²) in [5.74, 6) is 0. The number of benzene rings is 1. The molecule has 0 atom stereocenters. The van der Waals surface area contributed by atoms with Crippen molar-refractivity contribution < 1.29 is 46.5 Å². The molecule has 0 radical (unpaired) electrons. The SMILES string of the molecule is CC1=[C-]C(C)(C)C(C)=C1C.CC[Si]1([c-]2ccc3ccccc32)CCC1.[Cl-].[Cl-].[Ti+4]. The van der Waals surface area contributed by atoms with Crippen LogP contribution in [0.2, 0.25) is 18.1 Å². The molecule has 0 saturated carbocycles. The van der Waals surface area contributed by atoms with Gasteiger partial charge in [-0.25, -0.2) is 5.57 Å². The molecule has 150 valence electrons. The van der Waals surface area contributed by atoms with E-state index in [1.165, 1.54) is 46.7 Å². The molecular formula is C24H32Cl2SiTi. The smallest absolute Gasteiger partial charge is 1.00 e. The summed E-state index contributed by atoms with van der Waals surface area (Å²) in [7, 11) is -1.01. The maximum absolute atomic E-state index is 3.44. The second-order valence-electron chi connectivity index (χ2n) is 8.45. The quantitative estimate of drug-likeness (QED) is 0.452. The third-order valence-corrected chi connectivity index (χ3v) is 12.4. The van der Waals surface area contributed by atoms with E-state index in [-0.39, 0.29) is 51.9 Å². The summed E-state index contributed by atoms with van der Waals surface area (Å²) >= 11 is 0. The zero-order valence-electron chi connectivity index (χ0n) is 18.0. The summed E-state index contributed by atoms with van der Waals surface area (Å²) in [5, 5.41) is 4.73. The summed E-state index contributed by atoms with van der Waals surface area (Å²) in [5.41, 5.74) is 4.39. The van der Waals surface area contributed by atoms with Crippen LogP contribution < -0.4 is 30.0 Å². The Hall–Kier alpha value is -0.179. The number of hydrogen-bond acceptors (Lipinski definition) is 0. The van der Waals surface area contributed by atoms with Crippen molar-refractivity contribution in [1.82, 2.24) is 0 Å². The minimum absolute atomic E-state index is 0.